The molecule has 2 heterocycles. The van der Waals surface area contributed by atoms with Crippen LogP contribution in [-0.2, 0) is 6.42 Å². The fraction of sp³-hybridized carbons (Fsp3) is 0.579. The maximum absolute atomic E-state index is 10.8. The predicted octanol–water partition coefficient (Wildman–Crippen LogP) is 3.24. The van der Waals surface area contributed by atoms with E-state index in [-0.39, 0.29) is 17.6 Å². The summed E-state index contributed by atoms with van der Waals surface area (Å²) in [5.41, 5.74) is 3.47. The second-order valence-electron chi connectivity index (χ2n) is 8.00. The highest BCUT2D eigenvalue weighted by Crippen LogP contribution is 2.38. The minimum absolute atomic E-state index is 0.0479. The molecule has 1 aliphatic rings. The summed E-state index contributed by atoms with van der Waals surface area (Å²) in [6.07, 6.45) is 4.28. The zero-order chi connectivity index (χ0) is 17.5. The van der Waals surface area contributed by atoms with Crippen LogP contribution in [0.4, 0.5) is 0 Å². The van der Waals surface area contributed by atoms with Gasteiger partial charge >= 0.3 is 0 Å². The maximum atomic E-state index is 10.8. The Balaban J connectivity index is 1.81. The molecule has 24 heavy (non-hydrogen) atoms. The smallest absolute Gasteiger partial charge is 0.137 e. The second-order valence-corrected chi connectivity index (χ2v) is 8.00. The molecule has 5 nitrogen and oxygen atoms in total. The number of fused-ring (bicyclic) bond motifs is 1. The molecule has 1 N–H and O–H groups in total. The van der Waals surface area contributed by atoms with Gasteiger partial charge in [-0.3, -0.25) is 0 Å². The van der Waals surface area contributed by atoms with Crippen LogP contribution in [0, 0.1) is 19.3 Å². The molecule has 1 aromatic heterocycles. The van der Waals surface area contributed by atoms with Crippen LogP contribution in [0.2, 0.25) is 0 Å². The van der Waals surface area contributed by atoms with E-state index < -0.39 is 6.10 Å². The van der Waals surface area contributed by atoms with Gasteiger partial charge in [0.15, 0.2) is 0 Å². The summed E-state index contributed by atoms with van der Waals surface area (Å²) in [4.78, 5) is 4.05. The van der Waals surface area contributed by atoms with Crippen LogP contribution in [0.3, 0.4) is 0 Å². The van der Waals surface area contributed by atoms with E-state index in [0.717, 1.165) is 12.2 Å². The van der Waals surface area contributed by atoms with E-state index in [1.807, 2.05) is 20.8 Å². The summed E-state index contributed by atoms with van der Waals surface area (Å²) in [5, 5.41) is 15.1. The second kappa shape index (κ2) is 6.20. The van der Waals surface area contributed by atoms with Crippen LogP contribution >= 0.6 is 0 Å². The van der Waals surface area contributed by atoms with Crippen molar-refractivity contribution in [2.45, 2.75) is 65.7 Å². The summed E-state index contributed by atoms with van der Waals surface area (Å²) in [6, 6.07) is 4.20. The normalized spacial score (nSPS) is 19.7. The van der Waals surface area contributed by atoms with Crippen molar-refractivity contribution in [1.29, 1.82) is 0 Å². The summed E-state index contributed by atoms with van der Waals surface area (Å²) in [6.45, 7) is 10.3. The van der Waals surface area contributed by atoms with Crippen LogP contribution < -0.4 is 4.74 Å². The third-order valence-corrected chi connectivity index (χ3v) is 4.76. The van der Waals surface area contributed by atoms with E-state index in [2.05, 4.69) is 36.1 Å². The number of hydrogen-bond donors (Lipinski definition) is 1. The van der Waals surface area contributed by atoms with Crippen molar-refractivity contribution in [3.05, 3.63) is 41.5 Å². The van der Waals surface area contributed by atoms with E-state index in [0.29, 0.717) is 6.42 Å². The Kier molecular flexibility index (Phi) is 4.38. The summed E-state index contributed by atoms with van der Waals surface area (Å²) in [7, 11) is 0. The fourth-order valence-electron chi connectivity index (χ4n) is 3.56. The van der Waals surface area contributed by atoms with E-state index in [4.69, 9.17) is 4.74 Å². The minimum atomic E-state index is -0.533. The molecule has 2 aromatic rings. The van der Waals surface area contributed by atoms with E-state index >= 15 is 0 Å². The van der Waals surface area contributed by atoms with Crippen molar-refractivity contribution in [3.8, 4) is 5.75 Å². The van der Waals surface area contributed by atoms with Crippen LogP contribution in [0.15, 0.2) is 24.8 Å². The van der Waals surface area contributed by atoms with Gasteiger partial charge in [0.2, 0.25) is 0 Å². The van der Waals surface area contributed by atoms with E-state index in [1.54, 1.807) is 11.0 Å². The molecule has 1 aromatic carbocycles. The molecular weight excluding hydrogens is 302 g/mol. The molecule has 0 spiro atoms. The van der Waals surface area contributed by atoms with Gasteiger partial charge in [0, 0.05) is 12.8 Å². The molecular formula is C19H27N3O2. The Bertz CT molecular complexity index is 704. The van der Waals surface area contributed by atoms with Gasteiger partial charge in [-0.05, 0) is 30.4 Å². The first-order chi connectivity index (χ1) is 11.3. The number of aliphatic hydroxyl groups is 1. The largest absolute Gasteiger partial charge is 0.489 e. The third kappa shape index (κ3) is 3.31. The van der Waals surface area contributed by atoms with Gasteiger partial charge in [-0.25, -0.2) is 9.67 Å². The number of hydrogen-bond acceptors (Lipinski definition) is 4. The first-order valence-electron chi connectivity index (χ1n) is 8.54. The lowest BCUT2D eigenvalue weighted by Gasteiger charge is -2.34. The molecule has 0 amide bonds. The highest BCUT2D eigenvalue weighted by atomic mass is 16.5. The average molecular weight is 329 g/mol. The lowest BCUT2D eigenvalue weighted by Crippen LogP contribution is -2.38. The molecule has 3 atom stereocenters. The van der Waals surface area contributed by atoms with Gasteiger partial charge in [0.05, 0.1) is 12.1 Å². The van der Waals surface area contributed by atoms with Gasteiger partial charge in [-0.1, -0.05) is 38.5 Å². The van der Waals surface area contributed by atoms with Crippen LogP contribution in [0.1, 0.15) is 49.9 Å². The highest BCUT2D eigenvalue weighted by molar-refractivity contribution is 5.46. The van der Waals surface area contributed by atoms with Crippen molar-refractivity contribution in [2.24, 2.45) is 5.41 Å². The summed E-state index contributed by atoms with van der Waals surface area (Å²) in [5.74, 6) is 1.01. The first-order valence-corrected chi connectivity index (χ1v) is 8.54. The zero-order valence-corrected chi connectivity index (χ0v) is 15.2. The SMILES string of the molecule is Cc1cc(C)c2c(c1)CC(CC(C(O)C(C)(C)C)n1cncn1)O2. The Morgan fingerprint density at radius 2 is 2.08 bits per heavy atom. The van der Waals surface area contributed by atoms with Crippen molar-refractivity contribution in [2.75, 3.05) is 0 Å². The Labute approximate surface area is 143 Å². The number of nitrogens with zero attached hydrogens (tertiary/aromatic N) is 3. The minimum Gasteiger partial charge on any atom is -0.489 e. The number of benzene rings is 1. The van der Waals surface area contributed by atoms with Crippen molar-refractivity contribution in [1.82, 2.24) is 14.8 Å². The maximum Gasteiger partial charge on any atom is 0.137 e. The number of rotatable bonds is 4. The van der Waals surface area contributed by atoms with Gasteiger partial charge < -0.3 is 9.84 Å². The summed E-state index contributed by atoms with van der Waals surface area (Å²) >= 11 is 0. The predicted molar refractivity (Wildman–Crippen MR) is 93.2 cm³/mol. The Morgan fingerprint density at radius 3 is 2.71 bits per heavy atom. The molecule has 0 radical (unpaired) electrons. The van der Waals surface area contributed by atoms with Gasteiger partial charge in [0.1, 0.15) is 24.5 Å². The zero-order valence-electron chi connectivity index (χ0n) is 15.2. The van der Waals surface area contributed by atoms with E-state index in [1.165, 1.54) is 23.0 Å². The first kappa shape index (κ1) is 17.0. The highest BCUT2D eigenvalue weighted by Gasteiger charge is 2.36. The monoisotopic (exact) mass is 329 g/mol. The lowest BCUT2D eigenvalue weighted by molar-refractivity contribution is -0.00216. The molecule has 0 saturated carbocycles. The van der Waals surface area contributed by atoms with E-state index in [9.17, 15) is 5.11 Å². The molecule has 3 unspecified atom stereocenters. The molecule has 130 valence electrons. The van der Waals surface area contributed by atoms with Crippen LogP contribution in [0.5, 0.6) is 5.75 Å². The molecule has 0 fully saturated rings. The number of ether oxygens (including phenoxy) is 1. The number of aliphatic hydroxyl groups excluding tert-OH is 1. The lowest BCUT2D eigenvalue weighted by atomic mass is 9.82. The molecule has 0 aliphatic carbocycles. The van der Waals surface area contributed by atoms with Crippen molar-refractivity contribution in [3.63, 3.8) is 0 Å². The van der Waals surface area contributed by atoms with Gasteiger partial charge in [0.25, 0.3) is 0 Å². The van der Waals surface area contributed by atoms with Gasteiger partial charge in [-0.15, -0.1) is 0 Å². The fourth-order valence-corrected chi connectivity index (χ4v) is 3.56. The Morgan fingerprint density at radius 1 is 1.33 bits per heavy atom. The molecule has 0 bridgehead atoms. The molecule has 1 aliphatic heterocycles. The summed E-state index contributed by atoms with van der Waals surface area (Å²) < 4.78 is 7.98. The number of aryl methyl sites for hydroxylation is 2. The van der Waals surface area contributed by atoms with Gasteiger partial charge in [-0.2, -0.15) is 5.10 Å². The topological polar surface area (TPSA) is 60.2 Å². The molecule has 3 rings (SSSR count). The third-order valence-electron chi connectivity index (χ3n) is 4.76. The quantitative estimate of drug-likeness (QED) is 0.935. The molecule has 5 heteroatoms. The van der Waals surface area contributed by atoms with Crippen molar-refractivity contribution >= 4 is 0 Å². The van der Waals surface area contributed by atoms with Crippen LogP contribution in [0.25, 0.3) is 0 Å². The standard InChI is InChI=1S/C19H27N3O2/c1-12-6-13(2)17-14(7-12)8-15(24-17)9-16(18(23)19(3,4)5)22-11-20-10-21-22/h6-7,10-11,15-16,18,23H,8-9H2,1-5H3. The Hall–Kier alpha value is -1.88. The molecule has 0 saturated heterocycles. The van der Waals surface area contributed by atoms with Crippen molar-refractivity contribution < 1.29 is 9.84 Å². The number of aromatic nitrogens is 3. The average Bonchev–Trinajstić information content (AvgIpc) is 3.11. The van der Waals surface area contributed by atoms with Crippen LogP contribution in [-0.4, -0.2) is 32.1 Å².